The quantitative estimate of drug-likeness (QED) is 0.799. The van der Waals surface area contributed by atoms with Gasteiger partial charge in [0, 0.05) is 0 Å². The van der Waals surface area contributed by atoms with Crippen LogP contribution in [0.2, 0.25) is 0 Å². The van der Waals surface area contributed by atoms with Crippen LogP contribution in [0.1, 0.15) is 22.9 Å². The lowest BCUT2D eigenvalue weighted by molar-refractivity contribution is 0.612. The number of fused-ring (bicyclic) bond motifs is 1. The number of benzene rings is 2. The smallest absolute Gasteiger partial charge is 0.126 e. The minimum atomic E-state index is -0.196. The molecule has 1 aromatic heterocycles. The number of para-hydroxylation sites is 2. The summed E-state index contributed by atoms with van der Waals surface area (Å²) in [5, 5.41) is 3.22. The van der Waals surface area contributed by atoms with E-state index in [0.717, 1.165) is 22.3 Å². The van der Waals surface area contributed by atoms with E-state index in [1.54, 1.807) is 19.2 Å². The summed E-state index contributed by atoms with van der Waals surface area (Å²) in [6.07, 6.45) is 1.77. The van der Waals surface area contributed by atoms with Crippen molar-refractivity contribution in [1.29, 1.82) is 0 Å². The van der Waals surface area contributed by atoms with Gasteiger partial charge in [-0.15, -0.1) is 0 Å². The van der Waals surface area contributed by atoms with E-state index in [4.69, 9.17) is 0 Å². The molecule has 0 aliphatic rings. The molecule has 1 atom stereocenters. The summed E-state index contributed by atoms with van der Waals surface area (Å²) in [5.74, 6) is -0.196. The van der Waals surface area contributed by atoms with Gasteiger partial charge in [0.1, 0.15) is 5.82 Å². The Kier molecular flexibility index (Phi) is 3.62. The molecule has 3 rings (SSSR count). The van der Waals surface area contributed by atoms with Crippen molar-refractivity contribution >= 4 is 11.0 Å². The Morgan fingerprint density at radius 2 is 1.86 bits per heavy atom. The van der Waals surface area contributed by atoms with Crippen LogP contribution in [0.25, 0.3) is 11.0 Å². The maximum Gasteiger partial charge on any atom is 0.126 e. The first-order valence-corrected chi connectivity index (χ1v) is 6.84. The van der Waals surface area contributed by atoms with Gasteiger partial charge in [-0.05, 0) is 43.3 Å². The van der Waals surface area contributed by atoms with Crippen molar-refractivity contribution in [3.05, 3.63) is 71.3 Å². The third kappa shape index (κ3) is 2.62. The van der Waals surface area contributed by atoms with Crippen LogP contribution < -0.4 is 5.32 Å². The number of nitrogens with one attached hydrogen (secondary N) is 1. The van der Waals surface area contributed by atoms with Crippen LogP contribution in [-0.2, 0) is 0 Å². The molecule has 0 bridgehead atoms. The summed E-state index contributed by atoms with van der Waals surface area (Å²) in [6, 6.07) is 12.8. The van der Waals surface area contributed by atoms with E-state index >= 15 is 0 Å². The average Bonchev–Trinajstić information content (AvgIpc) is 2.51. The lowest BCUT2D eigenvalue weighted by Gasteiger charge is -2.17. The van der Waals surface area contributed by atoms with Crippen LogP contribution in [0.5, 0.6) is 0 Å². The van der Waals surface area contributed by atoms with Crippen LogP contribution in [-0.4, -0.2) is 17.0 Å². The standard InChI is InChI=1S/C17H16FN3/c1-11-9-12(7-8-13(11)18)17(19-2)16-10-20-14-5-3-4-6-15(14)21-16/h3-10,17,19H,1-2H3. The lowest BCUT2D eigenvalue weighted by Crippen LogP contribution is -2.19. The van der Waals surface area contributed by atoms with E-state index in [2.05, 4.69) is 15.3 Å². The third-order valence-corrected chi connectivity index (χ3v) is 3.57. The van der Waals surface area contributed by atoms with Gasteiger partial charge in [-0.2, -0.15) is 0 Å². The molecule has 4 heteroatoms. The van der Waals surface area contributed by atoms with Gasteiger partial charge in [-0.25, -0.2) is 9.37 Å². The Balaban J connectivity index is 2.06. The van der Waals surface area contributed by atoms with Crippen LogP contribution in [0.3, 0.4) is 0 Å². The maximum absolute atomic E-state index is 13.4. The highest BCUT2D eigenvalue weighted by Crippen LogP contribution is 2.23. The first-order valence-electron chi connectivity index (χ1n) is 6.84. The molecule has 0 aliphatic heterocycles. The first-order chi connectivity index (χ1) is 10.2. The summed E-state index contributed by atoms with van der Waals surface area (Å²) in [5.41, 5.74) is 4.14. The lowest BCUT2D eigenvalue weighted by atomic mass is 10.0. The van der Waals surface area contributed by atoms with Gasteiger partial charge < -0.3 is 5.32 Å². The number of aromatic nitrogens is 2. The normalized spacial score (nSPS) is 12.5. The highest BCUT2D eigenvalue weighted by Gasteiger charge is 2.15. The zero-order valence-corrected chi connectivity index (χ0v) is 12.0. The first kappa shape index (κ1) is 13.6. The summed E-state index contributed by atoms with van der Waals surface area (Å²) in [7, 11) is 1.86. The fraction of sp³-hybridized carbons (Fsp3) is 0.176. The molecule has 0 saturated heterocycles. The average molecular weight is 281 g/mol. The van der Waals surface area contributed by atoms with Crippen molar-refractivity contribution in [2.24, 2.45) is 0 Å². The van der Waals surface area contributed by atoms with Crippen LogP contribution in [0, 0.1) is 12.7 Å². The van der Waals surface area contributed by atoms with E-state index in [1.807, 2.05) is 37.4 Å². The molecule has 0 fully saturated rings. The van der Waals surface area contributed by atoms with Crippen LogP contribution in [0.4, 0.5) is 4.39 Å². The van der Waals surface area contributed by atoms with E-state index < -0.39 is 0 Å². The monoisotopic (exact) mass is 281 g/mol. The number of rotatable bonds is 3. The van der Waals surface area contributed by atoms with Crippen LogP contribution >= 0.6 is 0 Å². The van der Waals surface area contributed by atoms with Gasteiger partial charge in [-0.3, -0.25) is 4.98 Å². The predicted octanol–water partition coefficient (Wildman–Crippen LogP) is 3.39. The Morgan fingerprint density at radius 3 is 2.57 bits per heavy atom. The highest BCUT2D eigenvalue weighted by atomic mass is 19.1. The molecular formula is C17H16FN3. The highest BCUT2D eigenvalue weighted by molar-refractivity contribution is 5.73. The third-order valence-electron chi connectivity index (χ3n) is 3.57. The second kappa shape index (κ2) is 5.58. The number of nitrogens with zero attached hydrogens (tertiary/aromatic N) is 2. The molecule has 1 unspecified atom stereocenters. The largest absolute Gasteiger partial charge is 0.308 e. The minimum Gasteiger partial charge on any atom is -0.308 e. The zero-order valence-electron chi connectivity index (χ0n) is 12.0. The van der Waals surface area contributed by atoms with Crippen molar-refractivity contribution in [3.63, 3.8) is 0 Å². The minimum absolute atomic E-state index is 0.110. The molecule has 3 nitrogen and oxygen atoms in total. The number of hydrogen-bond donors (Lipinski definition) is 1. The molecule has 21 heavy (non-hydrogen) atoms. The van der Waals surface area contributed by atoms with E-state index in [0.29, 0.717) is 5.56 Å². The number of halogens is 1. The summed E-state index contributed by atoms with van der Waals surface area (Å²) in [6.45, 7) is 1.76. The van der Waals surface area contributed by atoms with Gasteiger partial charge in [-0.1, -0.05) is 24.3 Å². The molecule has 0 spiro atoms. The molecule has 0 amide bonds. The second-order valence-electron chi connectivity index (χ2n) is 5.01. The molecule has 106 valence electrons. The fourth-order valence-electron chi connectivity index (χ4n) is 2.44. The van der Waals surface area contributed by atoms with E-state index in [1.165, 1.54) is 6.07 Å². The van der Waals surface area contributed by atoms with Crippen molar-refractivity contribution in [2.75, 3.05) is 7.05 Å². The summed E-state index contributed by atoms with van der Waals surface area (Å²) in [4.78, 5) is 9.10. The molecular weight excluding hydrogens is 265 g/mol. The molecule has 0 aliphatic carbocycles. The zero-order chi connectivity index (χ0) is 14.8. The van der Waals surface area contributed by atoms with Gasteiger partial charge in [0.2, 0.25) is 0 Å². The topological polar surface area (TPSA) is 37.8 Å². The summed E-state index contributed by atoms with van der Waals surface area (Å²) >= 11 is 0. The molecule has 1 heterocycles. The van der Waals surface area contributed by atoms with Crippen LogP contribution in [0.15, 0.2) is 48.7 Å². The second-order valence-corrected chi connectivity index (χ2v) is 5.01. The van der Waals surface area contributed by atoms with Crippen molar-refractivity contribution in [2.45, 2.75) is 13.0 Å². The van der Waals surface area contributed by atoms with Gasteiger partial charge in [0.15, 0.2) is 0 Å². The molecule has 2 aromatic carbocycles. The van der Waals surface area contributed by atoms with Gasteiger partial charge in [0.05, 0.1) is 29.0 Å². The summed E-state index contributed by atoms with van der Waals surface area (Å²) < 4.78 is 13.4. The van der Waals surface area contributed by atoms with Gasteiger partial charge in [0.25, 0.3) is 0 Å². The Hall–Kier alpha value is -2.33. The molecule has 0 saturated carbocycles. The van der Waals surface area contributed by atoms with Crippen molar-refractivity contribution < 1.29 is 4.39 Å². The Bertz CT molecular complexity index is 786. The molecule has 1 N–H and O–H groups in total. The fourth-order valence-corrected chi connectivity index (χ4v) is 2.44. The van der Waals surface area contributed by atoms with E-state index in [9.17, 15) is 4.39 Å². The predicted molar refractivity (Wildman–Crippen MR) is 81.6 cm³/mol. The molecule has 3 aromatic rings. The Labute approximate surface area is 122 Å². The maximum atomic E-state index is 13.4. The number of hydrogen-bond acceptors (Lipinski definition) is 3. The Morgan fingerprint density at radius 1 is 1.10 bits per heavy atom. The molecule has 0 radical (unpaired) electrons. The number of aryl methyl sites for hydroxylation is 1. The van der Waals surface area contributed by atoms with Gasteiger partial charge >= 0.3 is 0 Å². The SMILES string of the molecule is CNC(c1ccc(F)c(C)c1)c1cnc2ccccc2n1. The van der Waals surface area contributed by atoms with E-state index in [-0.39, 0.29) is 11.9 Å². The van der Waals surface area contributed by atoms with Crippen molar-refractivity contribution in [1.82, 2.24) is 15.3 Å². The van der Waals surface area contributed by atoms with Crippen molar-refractivity contribution in [3.8, 4) is 0 Å².